The minimum Gasteiger partial charge on any atom is -0.466 e. The molecule has 1 heterocycles. The van der Waals surface area contributed by atoms with Crippen LogP contribution in [0, 0.1) is 16.7 Å². The molecular weight excluding hydrogens is 204 g/mol. The molecule has 0 radical (unpaired) electrons. The van der Waals surface area contributed by atoms with Crippen LogP contribution in [-0.2, 0) is 16.1 Å². The minimum absolute atomic E-state index is 0.00466. The molecule has 1 aromatic rings. The lowest BCUT2D eigenvalue weighted by molar-refractivity contribution is -0.148. The smallest absolute Gasteiger partial charge is 0.310 e. The van der Waals surface area contributed by atoms with Crippen molar-refractivity contribution in [1.82, 2.24) is 0 Å². The summed E-state index contributed by atoms with van der Waals surface area (Å²) in [5.74, 6) is 0.561. The van der Waals surface area contributed by atoms with Gasteiger partial charge in [0, 0.05) is 0 Å². The van der Waals surface area contributed by atoms with Gasteiger partial charge in [-0.3, -0.25) is 4.79 Å². The molecule has 0 atom stereocenters. The van der Waals surface area contributed by atoms with Crippen LogP contribution in [0.1, 0.15) is 33.5 Å². The molecule has 1 fully saturated rings. The zero-order chi connectivity index (χ0) is 12.0. The molecule has 1 aromatic heterocycles. The fourth-order valence-electron chi connectivity index (χ4n) is 2.41. The molecule has 0 N–H and O–H groups in total. The van der Waals surface area contributed by atoms with E-state index in [1.807, 2.05) is 0 Å². The molecule has 3 nitrogen and oxygen atoms in total. The molecule has 1 aliphatic carbocycles. The van der Waals surface area contributed by atoms with Gasteiger partial charge in [0.25, 0.3) is 0 Å². The fraction of sp³-hybridized carbons (Fsp3) is 0.615. The Morgan fingerprint density at radius 1 is 1.38 bits per heavy atom. The number of rotatable bonds is 3. The predicted molar refractivity (Wildman–Crippen MR) is 59.6 cm³/mol. The van der Waals surface area contributed by atoms with E-state index in [1.54, 1.807) is 18.4 Å². The van der Waals surface area contributed by atoms with Gasteiger partial charge in [-0.25, -0.2) is 0 Å². The number of hydrogen-bond acceptors (Lipinski definition) is 3. The second kappa shape index (κ2) is 3.37. The quantitative estimate of drug-likeness (QED) is 0.738. The molecule has 0 amide bonds. The van der Waals surface area contributed by atoms with E-state index in [-0.39, 0.29) is 29.3 Å². The van der Waals surface area contributed by atoms with E-state index < -0.39 is 0 Å². The zero-order valence-electron chi connectivity index (χ0n) is 10.2. The maximum Gasteiger partial charge on any atom is 0.310 e. The third kappa shape index (κ3) is 1.55. The number of hydrogen-bond donors (Lipinski definition) is 0. The highest BCUT2D eigenvalue weighted by molar-refractivity contribution is 5.78. The topological polar surface area (TPSA) is 39.4 Å². The lowest BCUT2D eigenvalue weighted by Gasteiger charge is -2.03. The fourth-order valence-corrected chi connectivity index (χ4v) is 2.41. The van der Waals surface area contributed by atoms with E-state index in [2.05, 4.69) is 27.7 Å². The van der Waals surface area contributed by atoms with Gasteiger partial charge in [-0.15, -0.1) is 0 Å². The highest BCUT2D eigenvalue weighted by atomic mass is 16.5. The van der Waals surface area contributed by atoms with Crippen molar-refractivity contribution in [1.29, 1.82) is 0 Å². The van der Waals surface area contributed by atoms with Gasteiger partial charge in [0.1, 0.15) is 12.4 Å². The molecule has 0 unspecified atom stereocenters. The van der Waals surface area contributed by atoms with E-state index in [1.165, 1.54) is 0 Å². The molecular formula is C13H18O3. The SMILES string of the molecule is CC1(C)C(C(=O)OCc2ccco2)C1(C)C. The molecule has 1 saturated carbocycles. The lowest BCUT2D eigenvalue weighted by Crippen LogP contribution is -2.11. The summed E-state index contributed by atoms with van der Waals surface area (Å²) in [6.07, 6.45) is 1.58. The number of carbonyl (C=O) groups excluding carboxylic acids is 1. The normalized spacial score (nSPS) is 21.8. The predicted octanol–water partition coefficient (Wildman–Crippen LogP) is 3.01. The Hall–Kier alpha value is -1.25. The van der Waals surface area contributed by atoms with Gasteiger partial charge in [-0.1, -0.05) is 27.7 Å². The summed E-state index contributed by atoms with van der Waals surface area (Å²) < 4.78 is 10.4. The molecule has 1 aliphatic rings. The van der Waals surface area contributed by atoms with Gasteiger partial charge >= 0.3 is 5.97 Å². The Balaban J connectivity index is 1.91. The standard InChI is InChI=1S/C13H18O3/c1-12(2)10(13(12,3)4)11(14)16-8-9-6-5-7-15-9/h5-7,10H,8H2,1-4H3. The molecule has 88 valence electrons. The van der Waals surface area contributed by atoms with Crippen molar-refractivity contribution in [2.24, 2.45) is 16.7 Å². The van der Waals surface area contributed by atoms with Gasteiger partial charge in [-0.05, 0) is 23.0 Å². The molecule has 16 heavy (non-hydrogen) atoms. The molecule has 0 spiro atoms. The first kappa shape index (κ1) is 11.2. The molecule has 3 heteroatoms. The molecule has 0 saturated heterocycles. The van der Waals surface area contributed by atoms with Crippen molar-refractivity contribution in [3.8, 4) is 0 Å². The summed E-state index contributed by atoms with van der Waals surface area (Å²) in [5.41, 5.74) is 0.0699. The lowest BCUT2D eigenvalue weighted by atomic mass is 10.0. The molecule has 0 aliphatic heterocycles. The van der Waals surface area contributed by atoms with Crippen LogP contribution in [0.2, 0.25) is 0 Å². The van der Waals surface area contributed by atoms with Gasteiger partial charge in [-0.2, -0.15) is 0 Å². The van der Waals surface area contributed by atoms with Crippen molar-refractivity contribution in [3.05, 3.63) is 24.2 Å². The number of furan rings is 1. The van der Waals surface area contributed by atoms with Crippen molar-refractivity contribution in [3.63, 3.8) is 0 Å². The zero-order valence-corrected chi connectivity index (χ0v) is 10.2. The highest BCUT2D eigenvalue weighted by Crippen LogP contribution is 2.68. The highest BCUT2D eigenvalue weighted by Gasteiger charge is 2.69. The van der Waals surface area contributed by atoms with E-state index in [9.17, 15) is 4.79 Å². The first-order valence-electron chi connectivity index (χ1n) is 5.56. The summed E-state index contributed by atoms with van der Waals surface area (Å²) in [5, 5.41) is 0. The van der Waals surface area contributed by atoms with Gasteiger partial charge < -0.3 is 9.15 Å². The Morgan fingerprint density at radius 2 is 2.00 bits per heavy atom. The number of ether oxygens (including phenoxy) is 1. The Morgan fingerprint density at radius 3 is 2.44 bits per heavy atom. The maximum absolute atomic E-state index is 11.9. The first-order chi connectivity index (χ1) is 7.37. The van der Waals surface area contributed by atoms with Crippen molar-refractivity contribution in [2.45, 2.75) is 34.3 Å². The molecule has 2 rings (SSSR count). The monoisotopic (exact) mass is 222 g/mol. The van der Waals surface area contributed by atoms with Crippen LogP contribution >= 0.6 is 0 Å². The van der Waals surface area contributed by atoms with Crippen LogP contribution in [-0.4, -0.2) is 5.97 Å². The minimum atomic E-state index is -0.119. The number of esters is 1. The van der Waals surface area contributed by atoms with E-state index in [0.29, 0.717) is 5.76 Å². The summed E-state index contributed by atoms with van der Waals surface area (Å²) in [7, 11) is 0. The first-order valence-corrected chi connectivity index (χ1v) is 5.56. The van der Waals surface area contributed by atoms with Crippen LogP contribution in [0.5, 0.6) is 0 Å². The molecule has 0 bridgehead atoms. The van der Waals surface area contributed by atoms with Gasteiger partial charge in [0.2, 0.25) is 0 Å². The Bertz CT molecular complexity index is 373. The summed E-state index contributed by atoms with van der Waals surface area (Å²) in [6.45, 7) is 8.64. The third-order valence-corrected chi connectivity index (χ3v) is 4.19. The molecule has 0 aromatic carbocycles. The largest absolute Gasteiger partial charge is 0.466 e. The number of carbonyl (C=O) groups is 1. The van der Waals surface area contributed by atoms with Crippen LogP contribution in [0.3, 0.4) is 0 Å². The van der Waals surface area contributed by atoms with Crippen LogP contribution < -0.4 is 0 Å². The second-order valence-corrected chi connectivity index (χ2v) is 5.56. The summed E-state index contributed by atoms with van der Waals surface area (Å²) in [6, 6.07) is 3.59. The average molecular weight is 222 g/mol. The van der Waals surface area contributed by atoms with Crippen LogP contribution in [0.25, 0.3) is 0 Å². The summed E-state index contributed by atoms with van der Waals surface area (Å²) >= 11 is 0. The van der Waals surface area contributed by atoms with Crippen molar-refractivity contribution < 1.29 is 13.9 Å². The van der Waals surface area contributed by atoms with E-state index in [0.717, 1.165) is 0 Å². The van der Waals surface area contributed by atoms with Crippen LogP contribution in [0.4, 0.5) is 0 Å². The Kier molecular flexibility index (Phi) is 2.37. The van der Waals surface area contributed by atoms with Crippen molar-refractivity contribution in [2.75, 3.05) is 0 Å². The van der Waals surface area contributed by atoms with Crippen molar-refractivity contribution >= 4 is 5.97 Å². The maximum atomic E-state index is 11.9. The second-order valence-electron chi connectivity index (χ2n) is 5.56. The summed E-state index contributed by atoms with van der Waals surface area (Å²) in [4.78, 5) is 11.9. The van der Waals surface area contributed by atoms with Crippen LogP contribution in [0.15, 0.2) is 22.8 Å². The van der Waals surface area contributed by atoms with Gasteiger partial charge in [0.05, 0.1) is 12.2 Å². The third-order valence-electron chi connectivity index (χ3n) is 4.19. The average Bonchev–Trinajstić information content (AvgIpc) is 2.61. The van der Waals surface area contributed by atoms with E-state index >= 15 is 0 Å². The van der Waals surface area contributed by atoms with Gasteiger partial charge in [0.15, 0.2) is 0 Å². The Labute approximate surface area is 95.8 Å². The van der Waals surface area contributed by atoms with E-state index in [4.69, 9.17) is 9.15 Å².